The Balaban J connectivity index is 2.30. The highest BCUT2D eigenvalue weighted by atomic mass is 79.9. The Morgan fingerprint density at radius 1 is 1.30 bits per heavy atom. The Bertz CT molecular complexity index is 615. The summed E-state index contributed by atoms with van der Waals surface area (Å²) in [5.41, 5.74) is 9.39. The molecule has 2 rings (SSSR count). The van der Waals surface area contributed by atoms with Crippen LogP contribution in [0.4, 0.5) is 0 Å². The van der Waals surface area contributed by atoms with E-state index in [4.69, 9.17) is 22.1 Å². The molecule has 2 aromatic rings. The predicted molar refractivity (Wildman–Crippen MR) is 87.5 cm³/mol. The Hall–Kier alpha value is -1.03. The van der Waals surface area contributed by atoms with Crippen molar-refractivity contribution < 1.29 is 4.74 Å². The summed E-state index contributed by atoms with van der Waals surface area (Å²) in [5.74, 6) is 0.840. The molecule has 0 saturated heterocycles. The Kier molecular flexibility index (Phi) is 5.08. The third-order valence-electron chi connectivity index (χ3n) is 3.30. The number of rotatable bonds is 4. The van der Waals surface area contributed by atoms with Gasteiger partial charge >= 0.3 is 0 Å². The van der Waals surface area contributed by atoms with Crippen molar-refractivity contribution in [1.82, 2.24) is 0 Å². The fraction of sp³-hybridized carbons (Fsp3) is 0.250. The van der Waals surface area contributed by atoms with E-state index in [0.29, 0.717) is 6.42 Å². The van der Waals surface area contributed by atoms with E-state index in [2.05, 4.69) is 15.9 Å². The number of aryl methyl sites for hydroxylation is 1. The molecule has 2 aromatic carbocycles. The fourth-order valence-corrected chi connectivity index (χ4v) is 2.88. The summed E-state index contributed by atoms with van der Waals surface area (Å²) >= 11 is 9.81. The second-order valence-corrected chi connectivity index (χ2v) is 6.04. The molecule has 0 aliphatic carbocycles. The Labute approximate surface area is 133 Å². The molecule has 106 valence electrons. The zero-order valence-electron chi connectivity index (χ0n) is 11.5. The van der Waals surface area contributed by atoms with Crippen LogP contribution in [0.2, 0.25) is 5.02 Å². The van der Waals surface area contributed by atoms with Crippen molar-refractivity contribution in [3.8, 4) is 5.75 Å². The molecule has 1 atom stereocenters. The van der Waals surface area contributed by atoms with Crippen LogP contribution in [0.25, 0.3) is 0 Å². The summed E-state index contributed by atoms with van der Waals surface area (Å²) in [4.78, 5) is 0. The van der Waals surface area contributed by atoms with Gasteiger partial charge < -0.3 is 10.5 Å². The van der Waals surface area contributed by atoms with Crippen LogP contribution >= 0.6 is 27.5 Å². The zero-order chi connectivity index (χ0) is 14.7. The average molecular weight is 355 g/mol. The maximum absolute atomic E-state index is 6.34. The molecule has 0 aliphatic rings. The van der Waals surface area contributed by atoms with Crippen molar-refractivity contribution in [2.24, 2.45) is 5.73 Å². The standard InChI is InChI=1S/C16H17BrClNO/c1-10-4-3-5-13(16(10)18)14(19)9-11-8-12(17)6-7-15(11)20-2/h3-8,14H,9,19H2,1-2H3. The summed E-state index contributed by atoms with van der Waals surface area (Å²) in [5, 5.41) is 0.744. The summed E-state index contributed by atoms with van der Waals surface area (Å²) in [6.07, 6.45) is 0.672. The molecule has 0 aliphatic heterocycles. The van der Waals surface area contributed by atoms with Gasteiger partial charge in [0.1, 0.15) is 5.75 Å². The van der Waals surface area contributed by atoms with Gasteiger partial charge in [-0.3, -0.25) is 0 Å². The predicted octanol–water partition coefficient (Wildman–Crippen LogP) is 4.66. The third kappa shape index (κ3) is 3.35. The van der Waals surface area contributed by atoms with Gasteiger partial charge in [0.05, 0.1) is 7.11 Å². The molecule has 0 amide bonds. The summed E-state index contributed by atoms with van der Waals surface area (Å²) < 4.78 is 6.39. The fourth-order valence-electron chi connectivity index (χ4n) is 2.21. The van der Waals surface area contributed by atoms with Gasteiger partial charge in [-0.15, -0.1) is 0 Å². The summed E-state index contributed by atoms with van der Waals surface area (Å²) in [6.45, 7) is 1.98. The van der Waals surface area contributed by atoms with Gasteiger partial charge in [-0.05, 0) is 48.2 Å². The van der Waals surface area contributed by atoms with Crippen molar-refractivity contribution in [2.75, 3.05) is 7.11 Å². The molecule has 0 radical (unpaired) electrons. The monoisotopic (exact) mass is 353 g/mol. The van der Waals surface area contributed by atoms with E-state index in [9.17, 15) is 0 Å². The third-order valence-corrected chi connectivity index (χ3v) is 4.31. The lowest BCUT2D eigenvalue weighted by molar-refractivity contribution is 0.408. The number of halogens is 2. The SMILES string of the molecule is COc1ccc(Br)cc1CC(N)c1cccc(C)c1Cl. The average Bonchev–Trinajstić information content (AvgIpc) is 2.42. The smallest absolute Gasteiger partial charge is 0.122 e. The summed E-state index contributed by atoms with van der Waals surface area (Å²) in [6, 6.07) is 11.7. The van der Waals surface area contributed by atoms with E-state index in [-0.39, 0.29) is 6.04 Å². The van der Waals surface area contributed by atoms with E-state index >= 15 is 0 Å². The van der Waals surface area contributed by atoms with Gasteiger partial charge in [-0.25, -0.2) is 0 Å². The number of benzene rings is 2. The van der Waals surface area contributed by atoms with Crippen LogP contribution in [0.5, 0.6) is 5.75 Å². The first-order valence-corrected chi connectivity index (χ1v) is 7.53. The van der Waals surface area contributed by atoms with Gasteiger partial charge in [0.25, 0.3) is 0 Å². The van der Waals surface area contributed by atoms with E-state index in [0.717, 1.165) is 31.9 Å². The van der Waals surface area contributed by atoms with Gasteiger partial charge in [0, 0.05) is 15.5 Å². The molecule has 0 fully saturated rings. The van der Waals surface area contributed by atoms with Crippen LogP contribution < -0.4 is 10.5 Å². The minimum atomic E-state index is -0.161. The van der Waals surface area contributed by atoms with Crippen LogP contribution in [0, 0.1) is 6.92 Å². The Morgan fingerprint density at radius 3 is 2.75 bits per heavy atom. The van der Waals surface area contributed by atoms with Gasteiger partial charge in [-0.1, -0.05) is 45.7 Å². The maximum Gasteiger partial charge on any atom is 0.122 e. The molecule has 20 heavy (non-hydrogen) atoms. The quantitative estimate of drug-likeness (QED) is 0.866. The molecule has 1 unspecified atom stereocenters. The second kappa shape index (κ2) is 6.61. The highest BCUT2D eigenvalue weighted by Gasteiger charge is 2.14. The van der Waals surface area contributed by atoms with Gasteiger partial charge in [-0.2, -0.15) is 0 Å². The molecule has 0 heterocycles. The molecule has 0 spiro atoms. The van der Waals surface area contributed by atoms with Crippen LogP contribution in [0.15, 0.2) is 40.9 Å². The van der Waals surface area contributed by atoms with Crippen molar-refractivity contribution in [1.29, 1.82) is 0 Å². The van der Waals surface area contributed by atoms with E-state index in [1.54, 1.807) is 7.11 Å². The molecular weight excluding hydrogens is 338 g/mol. The second-order valence-electron chi connectivity index (χ2n) is 4.74. The normalized spacial score (nSPS) is 12.2. The number of hydrogen-bond donors (Lipinski definition) is 1. The van der Waals surface area contributed by atoms with Gasteiger partial charge in [0.15, 0.2) is 0 Å². The molecule has 4 heteroatoms. The van der Waals surface area contributed by atoms with Crippen LogP contribution in [0.1, 0.15) is 22.7 Å². The first kappa shape index (κ1) is 15.4. The van der Waals surface area contributed by atoms with Crippen molar-refractivity contribution >= 4 is 27.5 Å². The van der Waals surface area contributed by atoms with Crippen LogP contribution in [-0.2, 0) is 6.42 Å². The minimum absolute atomic E-state index is 0.161. The Morgan fingerprint density at radius 2 is 2.05 bits per heavy atom. The molecule has 0 saturated carbocycles. The number of methoxy groups -OCH3 is 1. The first-order chi connectivity index (χ1) is 9.52. The molecule has 0 bridgehead atoms. The topological polar surface area (TPSA) is 35.2 Å². The maximum atomic E-state index is 6.34. The highest BCUT2D eigenvalue weighted by Crippen LogP contribution is 2.30. The minimum Gasteiger partial charge on any atom is -0.496 e. The largest absolute Gasteiger partial charge is 0.496 e. The zero-order valence-corrected chi connectivity index (χ0v) is 13.8. The summed E-state index contributed by atoms with van der Waals surface area (Å²) in [7, 11) is 1.66. The van der Waals surface area contributed by atoms with E-state index in [1.807, 2.05) is 43.3 Å². The van der Waals surface area contributed by atoms with Crippen molar-refractivity contribution in [3.05, 3.63) is 62.6 Å². The molecule has 2 N–H and O–H groups in total. The van der Waals surface area contributed by atoms with Crippen LogP contribution in [0.3, 0.4) is 0 Å². The lowest BCUT2D eigenvalue weighted by Crippen LogP contribution is -2.14. The molecular formula is C16H17BrClNO. The lowest BCUT2D eigenvalue weighted by Gasteiger charge is -2.17. The van der Waals surface area contributed by atoms with Crippen molar-refractivity contribution in [2.45, 2.75) is 19.4 Å². The van der Waals surface area contributed by atoms with Crippen molar-refractivity contribution in [3.63, 3.8) is 0 Å². The highest BCUT2D eigenvalue weighted by molar-refractivity contribution is 9.10. The van der Waals surface area contributed by atoms with Crippen LogP contribution in [-0.4, -0.2) is 7.11 Å². The van der Waals surface area contributed by atoms with Gasteiger partial charge in [0.2, 0.25) is 0 Å². The van der Waals surface area contributed by atoms with E-state index in [1.165, 1.54) is 0 Å². The lowest BCUT2D eigenvalue weighted by atomic mass is 9.97. The molecule has 2 nitrogen and oxygen atoms in total. The van der Waals surface area contributed by atoms with E-state index < -0.39 is 0 Å². The first-order valence-electron chi connectivity index (χ1n) is 6.36. The number of hydrogen-bond acceptors (Lipinski definition) is 2. The number of nitrogens with two attached hydrogens (primary N) is 1. The number of ether oxygens (including phenoxy) is 1. The molecule has 0 aromatic heterocycles.